The standard InChI is InChI=1S/C12H12ClF2NO4/c1-20-10(18)9(16-7-17)11(19,12(13,14)15)8-5-3-2-4-6-8/h2-7,9,19H,1H3,(H,16,17)/t9-,11-/m0/s1. The van der Waals surface area contributed by atoms with Gasteiger partial charge in [0, 0.05) is 0 Å². The number of carbonyl (C=O) groups is 2. The highest BCUT2D eigenvalue weighted by molar-refractivity contribution is 6.22. The quantitative estimate of drug-likeness (QED) is 0.467. The molecule has 5 nitrogen and oxygen atoms in total. The fraction of sp³-hybridized carbons (Fsp3) is 0.333. The van der Waals surface area contributed by atoms with E-state index >= 15 is 0 Å². The molecule has 0 aliphatic rings. The molecule has 0 saturated heterocycles. The van der Waals surface area contributed by atoms with Crippen LogP contribution in [0.3, 0.4) is 0 Å². The summed E-state index contributed by atoms with van der Waals surface area (Å²) in [5.74, 6) is -1.26. The third-order valence-corrected chi connectivity index (χ3v) is 3.02. The van der Waals surface area contributed by atoms with E-state index in [1.165, 1.54) is 18.2 Å². The number of esters is 1. The summed E-state index contributed by atoms with van der Waals surface area (Å²) in [7, 11) is 0.930. The molecule has 2 N–H and O–H groups in total. The molecule has 1 aromatic carbocycles. The number of halogens is 3. The van der Waals surface area contributed by atoms with Crippen LogP contribution in [0.15, 0.2) is 30.3 Å². The maximum Gasteiger partial charge on any atom is 0.356 e. The van der Waals surface area contributed by atoms with Crippen LogP contribution in [0, 0.1) is 0 Å². The second-order valence-electron chi connectivity index (χ2n) is 3.87. The summed E-state index contributed by atoms with van der Waals surface area (Å²) in [6.07, 6.45) is -0.00186. The number of aliphatic hydroxyl groups is 1. The summed E-state index contributed by atoms with van der Waals surface area (Å²) in [6, 6.07) is 4.50. The number of ether oxygens (including phenoxy) is 1. The van der Waals surface area contributed by atoms with Gasteiger partial charge in [0.25, 0.3) is 0 Å². The van der Waals surface area contributed by atoms with Crippen molar-refractivity contribution < 1.29 is 28.2 Å². The highest BCUT2D eigenvalue weighted by Gasteiger charge is 2.60. The van der Waals surface area contributed by atoms with Crippen molar-refractivity contribution in [2.75, 3.05) is 7.11 Å². The van der Waals surface area contributed by atoms with Gasteiger partial charge in [0.2, 0.25) is 6.41 Å². The van der Waals surface area contributed by atoms with E-state index in [4.69, 9.17) is 11.6 Å². The zero-order valence-corrected chi connectivity index (χ0v) is 11.1. The number of hydrogen-bond acceptors (Lipinski definition) is 4. The van der Waals surface area contributed by atoms with Gasteiger partial charge >= 0.3 is 11.4 Å². The first-order valence-electron chi connectivity index (χ1n) is 5.41. The Hall–Kier alpha value is -1.73. The molecule has 0 fully saturated rings. The number of carbonyl (C=O) groups excluding carboxylic acids is 2. The van der Waals surface area contributed by atoms with Gasteiger partial charge in [0.1, 0.15) is 0 Å². The van der Waals surface area contributed by atoms with Crippen LogP contribution in [0.1, 0.15) is 5.56 Å². The molecule has 0 heterocycles. The van der Waals surface area contributed by atoms with E-state index in [9.17, 15) is 23.5 Å². The first-order chi connectivity index (χ1) is 9.29. The summed E-state index contributed by atoms with van der Waals surface area (Å²) in [5.41, 5.74) is -3.51. The molecule has 8 heteroatoms. The lowest BCUT2D eigenvalue weighted by Crippen LogP contribution is -2.60. The van der Waals surface area contributed by atoms with Gasteiger partial charge in [-0.05, 0) is 17.2 Å². The number of rotatable bonds is 6. The lowest BCUT2D eigenvalue weighted by Gasteiger charge is -2.37. The number of benzene rings is 1. The Bertz CT molecular complexity index is 480. The zero-order chi connectivity index (χ0) is 15.4. The molecule has 0 radical (unpaired) electrons. The first kappa shape index (κ1) is 16.3. The van der Waals surface area contributed by atoms with Gasteiger partial charge in [-0.2, -0.15) is 8.78 Å². The molecule has 1 rings (SSSR count). The van der Waals surface area contributed by atoms with E-state index in [1.54, 1.807) is 0 Å². The molecule has 20 heavy (non-hydrogen) atoms. The molecule has 0 aliphatic heterocycles. The number of hydrogen-bond donors (Lipinski definition) is 2. The van der Waals surface area contributed by atoms with Crippen molar-refractivity contribution in [2.45, 2.75) is 17.0 Å². The van der Waals surface area contributed by atoms with E-state index < -0.39 is 23.0 Å². The van der Waals surface area contributed by atoms with Gasteiger partial charge in [-0.25, -0.2) is 4.79 Å². The van der Waals surface area contributed by atoms with Crippen molar-refractivity contribution in [2.24, 2.45) is 0 Å². The molecule has 2 atom stereocenters. The van der Waals surface area contributed by atoms with Crippen molar-refractivity contribution in [3.8, 4) is 0 Å². The Morgan fingerprint density at radius 2 is 2.00 bits per heavy atom. The molecular weight excluding hydrogens is 296 g/mol. The van der Waals surface area contributed by atoms with E-state index in [1.807, 2.05) is 5.32 Å². The predicted molar refractivity (Wildman–Crippen MR) is 66.1 cm³/mol. The first-order valence-corrected chi connectivity index (χ1v) is 5.79. The Balaban J connectivity index is 3.44. The third kappa shape index (κ3) is 2.88. The van der Waals surface area contributed by atoms with Crippen LogP contribution in [-0.4, -0.2) is 36.0 Å². The van der Waals surface area contributed by atoms with Crippen LogP contribution in [0.25, 0.3) is 0 Å². The average molecular weight is 308 g/mol. The van der Waals surface area contributed by atoms with Crippen molar-refractivity contribution in [1.29, 1.82) is 0 Å². The Labute approximate surface area is 118 Å². The van der Waals surface area contributed by atoms with Crippen LogP contribution >= 0.6 is 11.6 Å². The summed E-state index contributed by atoms with van der Waals surface area (Å²) in [5, 5.41) is 7.88. The largest absolute Gasteiger partial charge is 0.467 e. The maximum atomic E-state index is 13.7. The van der Waals surface area contributed by atoms with Crippen LogP contribution in [0.2, 0.25) is 0 Å². The highest BCUT2D eigenvalue weighted by atomic mass is 35.5. The second-order valence-corrected chi connectivity index (χ2v) is 4.35. The Morgan fingerprint density at radius 3 is 2.40 bits per heavy atom. The SMILES string of the molecule is COC(=O)[C@H](NC=O)[C@@](O)(c1ccccc1)C(F)(F)Cl. The fourth-order valence-corrected chi connectivity index (χ4v) is 1.95. The smallest absolute Gasteiger partial charge is 0.356 e. The fourth-order valence-electron chi connectivity index (χ4n) is 1.73. The average Bonchev–Trinajstić information content (AvgIpc) is 2.43. The lowest BCUT2D eigenvalue weighted by molar-refractivity contribution is -0.179. The minimum Gasteiger partial charge on any atom is -0.467 e. The molecule has 0 saturated carbocycles. The molecule has 0 spiro atoms. The molecule has 1 aromatic rings. The van der Waals surface area contributed by atoms with Gasteiger partial charge in [0.15, 0.2) is 11.6 Å². The summed E-state index contributed by atoms with van der Waals surface area (Å²) >= 11 is 4.96. The van der Waals surface area contributed by atoms with Gasteiger partial charge < -0.3 is 15.2 Å². The van der Waals surface area contributed by atoms with E-state index in [2.05, 4.69) is 4.74 Å². The molecule has 1 amide bonds. The normalized spacial score (nSPS) is 15.8. The zero-order valence-electron chi connectivity index (χ0n) is 10.3. The van der Waals surface area contributed by atoms with Crippen molar-refractivity contribution in [3.63, 3.8) is 0 Å². The van der Waals surface area contributed by atoms with Crippen molar-refractivity contribution >= 4 is 24.0 Å². The Kier molecular flexibility index (Phi) is 5.02. The number of alkyl halides is 3. The number of methoxy groups -OCH3 is 1. The van der Waals surface area contributed by atoms with Gasteiger partial charge in [0.05, 0.1) is 7.11 Å². The van der Waals surface area contributed by atoms with Crippen LogP contribution in [0.5, 0.6) is 0 Å². The minimum absolute atomic E-state index is 0.00186. The predicted octanol–water partition coefficient (Wildman–Crippen LogP) is 0.993. The molecule has 0 unspecified atom stereocenters. The van der Waals surface area contributed by atoms with Gasteiger partial charge in [-0.15, -0.1) is 0 Å². The van der Waals surface area contributed by atoms with E-state index in [-0.39, 0.29) is 12.0 Å². The summed E-state index contributed by atoms with van der Waals surface area (Å²) in [4.78, 5) is 22.1. The van der Waals surface area contributed by atoms with Gasteiger partial charge in [-0.1, -0.05) is 30.3 Å². The van der Waals surface area contributed by atoms with E-state index in [0.717, 1.165) is 19.2 Å². The van der Waals surface area contributed by atoms with Crippen LogP contribution in [0.4, 0.5) is 8.78 Å². The maximum absolute atomic E-state index is 13.7. The highest BCUT2D eigenvalue weighted by Crippen LogP contribution is 2.43. The van der Waals surface area contributed by atoms with Crippen LogP contribution < -0.4 is 5.32 Å². The third-order valence-electron chi connectivity index (χ3n) is 2.74. The number of nitrogens with one attached hydrogen (secondary N) is 1. The topological polar surface area (TPSA) is 75.6 Å². The monoisotopic (exact) mass is 307 g/mol. The molecule has 0 aliphatic carbocycles. The van der Waals surface area contributed by atoms with Gasteiger partial charge in [-0.3, -0.25) is 4.79 Å². The van der Waals surface area contributed by atoms with Crippen molar-refractivity contribution in [3.05, 3.63) is 35.9 Å². The summed E-state index contributed by atoms with van der Waals surface area (Å²) in [6.45, 7) is 0. The summed E-state index contributed by atoms with van der Waals surface area (Å²) < 4.78 is 31.7. The molecule has 0 bridgehead atoms. The Morgan fingerprint density at radius 1 is 1.45 bits per heavy atom. The number of amides is 1. The molecule has 110 valence electrons. The molecule has 0 aromatic heterocycles. The minimum atomic E-state index is -4.23. The second kappa shape index (κ2) is 6.15. The van der Waals surface area contributed by atoms with Crippen molar-refractivity contribution in [1.82, 2.24) is 5.32 Å². The molecular formula is C12H12ClF2NO4. The lowest BCUT2D eigenvalue weighted by atomic mass is 9.86. The van der Waals surface area contributed by atoms with E-state index in [0.29, 0.717) is 0 Å². The van der Waals surface area contributed by atoms with Crippen LogP contribution in [-0.2, 0) is 19.9 Å².